The van der Waals surface area contributed by atoms with Gasteiger partial charge in [-0.15, -0.1) is 0 Å². The highest BCUT2D eigenvalue weighted by molar-refractivity contribution is 6.40. The molecule has 0 bridgehead atoms. The lowest BCUT2D eigenvalue weighted by atomic mass is 10.1. The monoisotopic (exact) mass is 406 g/mol. The van der Waals surface area contributed by atoms with Gasteiger partial charge in [-0.3, -0.25) is 14.6 Å². The number of halogens is 3. The minimum absolute atomic E-state index is 0.0208. The van der Waals surface area contributed by atoms with E-state index in [1.54, 1.807) is 6.07 Å². The number of alkyl halides is 2. The normalized spacial score (nSPS) is 15.9. The largest absolute Gasteiger partial charge is 0.435 e. The van der Waals surface area contributed by atoms with Crippen molar-refractivity contribution in [3.63, 3.8) is 0 Å². The SMILES string of the molecule is NC(=O)C1CC(C(=O)NCc2cccc(OC(F)F)c2)=NN1c1ccc(F)cc1. The first-order valence-electron chi connectivity index (χ1n) is 8.57. The quantitative estimate of drug-likeness (QED) is 0.737. The summed E-state index contributed by atoms with van der Waals surface area (Å²) in [5.74, 6) is -1.71. The van der Waals surface area contributed by atoms with Crippen LogP contribution in [-0.2, 0) is 16.1 Å². The minimum Gasteiger partial charge on any atom is -0.435 e. The van der Waals surface area contributed by atoms with E-state index in [2.05, 4.69) is 15.2 Å². The van der Waals surface area contributed by atoms with E-state index in [1.165, 1.54) is 47.5 Å². The molecule has 1 unspecified atom stereocenters. The fourth-order valence-electron chi connectivity index (χ4n) is 2.82. The Kier molecular flexibility index (Phi) is 6.01. The zero-order valence-electron chi connectivity index (χ0n) is 15.0. The zero-order valence-corrected chi connectivity index (χ0v) is 15.0. The van der Waals surface area contributed by atoms with Crippen LogP contribution in [0, 0.1) is 5.82 Å². The molecule has 1 heterocycles. The van der Waals surface area contributed by atoms with E-state index >= 15 is 0 Å². The van der Waals surface area contributed by atoms with E-state index in [9.17, 15) is 22.8 Å². The Hall–Kier alpha value is -3.56. The van der Waals surface area contributed by atoms with E-state index in [4.69, 9.17) is 5.73 Å². The number of amides is 2. The molecule has 2 amide bonds. The molecule has 10 heteroatoms. The molecule has 0 saturated carbocycles. The first kappa shape index (κ1) is 20.2. The average molecular weight is 406 g/mol. The summed E-state index contributed by atoms with van der Waals surface area (Å²) in [6.07, 6.45) is -0.0208. The van der Waals surface area contributed by atoms with Crippen molar-refractivity contribution in [2.24, 2.45) is 10.8 Å². The van der Waals surface area contributed by atoms with Gasteiger partial charge in [0.05, 0.1) is 5.69 Å². The third kappa shape index (κ3) is 5.03. The molecule has 1 aliphatic rings. The van der Waals surface area contributed by atoms with Gasteiger partial charge in [-0.2, -0.15) is 13.9 Å². The molecule has 0 radical (unpaired) electrons. The molecule has 0 aliphatic carbocycles. The number of hydrazone groups is 1. The first-order chi connectivity index (χ1) is 13.8. The summed E-state index contributed by atoms with van der Waals surface area (Å²) < 4.78 is 42.1. The summed E-state index contributed by atoms with van der Waals surface area (Å²) in [6.45, 7) is -2.91. The van der Waals surface area contributed by atoms with Gasteiger partial charge < -0.3 is 15.8 Å². The van der Waals surface area contributed by atoms with Gasteiger partial charge in [-0.1, -0.05) is 12.1 Å². The van der Waals surface area contributed by atoms with E-state index in [0.29, 0.717) is 11.3 Å². The van der Waals surface area contributed by atoms with Crippen LogP contribution in [0.25, 0.3) is 0 Å². The Morgan fingerprint density at radius 1 is 1.24 bits per heavy atom. The molecule has 0 spiro atoms. The van der Waals surface area contributed by atoms with Crippen molar-refractivity contribution in [3.05, 3.63) is 59.9 Å². The Morgan fingerprint density at radius 2 is 1.97 bits per heavy atom. The fraction of sp³-hybridized carbons (Fsp3) is 0.211. The number of rotatable bonds is 7. The van der Waals surface area contributed by atoms with E-state index < -0.39 is 30.3 Å². The number of carbonyl (C=O) groups excluding carboxylic acids is 2. The molecule has 3 rings (SSSR count). The molecule has 0 aromatic heterocycles. The minimum atomic E-state index is -2.95. The lowest BCUT2D eigenvalue weighted by Gasteiger charge is -2.20. The number of anilines is 1. The van der Waals surface area contributed by atoms with Crippen LogP contribution in [0.3, 0.4) is 0 Å². The van der Waals surface area contributed by atoms with Gasteiger partial charge >= 0.3 is 6.61 Å². The molecule has 29 heavy (non-hydrogen) atoms. The molecule has 152 valence electrons. The van der Waals surface area contributed by atoms with Gasteiger partial charge in [0.25, 0.3) is 5.91 Å². The van der Waals surface area contributed by atoms with Gasteiger partial charge in [0, 0.05) is 13.0 Å². The molecule has 2 aromatic rings. The standard InChI is InChI=1S/C19H17F3N4O3/c20-12-4-6-13(7-5-12)26-16(17(23)27)9-15(25-26)18(28)24-10-11-2-1-3-14(8-11)29-19(21)22/h1-8,16,19H,9-10H2,(H2,23,27)(H,24,28). The van der Waals surface area contributed by atoms with Crippen molar-refractivity contribution in [1.82, 2.24) is 5.32 Å². The molecule has 1 atom stereocenters. The van der Waals surface area contributed by atoms with Crippen molar-refractivity contribution in [3.8, 4) is 5.75 Å². The maximum absolute atomic E-state index is 13.1. The Bertz CT molecular complexity index is 935. The zero-order chi connectivity index (χ0) is 21.0. The number of hydrogen-bond donors (Lipinski definition) is 2. The topological polar surface area (TPSA) is 97.0 Å². The second-order valence-electron chi connectivity index (χ2n) is 6.20. The molecule has 2 aromatic carbocycles. The van der Waals surface area contributed by atoms with Crippen LogP contribution in [-0.4, -0.2) is 30.2 Å². The molecule has 7 nitrogen and oxygen atoms in total. The van der Waals surface area contributed by atoms with Crippen molar-refractivity contribution < 1.29 is 27.5 Å². The van der Waals surface area contributed by atoms with E-state index in [1.807, 2.05) is 0 Å². The van der Waals surface area contributed by atoms with Gasteiger partial charge in [0.2, 0.25) is 5.91 Å². The maximum atomic E-state index is 13.1. The van der Waals surface area contributed by atoms with Crippen molar-refractivity contribution in [1.29, 1.82) is 0 Å². The van der Waals surface area contributed by atoms with Crippen molar-refractivity contribution >= 4 is 23.2 Å². The lowest BCUT2D eigenvalue weighted by Crippen LogP contribution is -2.39. The smallest absolute Gasteiger partial charge is 0.387 e. The highest BCUT2D eigenvalue weighted by Crippen LogP contribution is 2.25. The summed E-state index contributed by atoms with van der Waals surface area (Å²) in [6, 6.07) is 10.3. The van der Waals surface area contributed by atoms with Crippen LogP contribution in [0.2, 0.25) is 0 Å². The summed E-state index contributed by atoms with van der Waals surface area (Å²) >= 11 is 0. The molecule has 0 saturated heterocycles. The predicted octanol–water partition coefficient (Wildman–Crippen LogP) is 2.16. The molecule has 1 aliphatic heterocycles. The maximum Gasteiger partial charge on any atom is 0.387 e. The number of ether oxygens (including phenoxy) is 1. The third-order valence-electron chi connectivity index (χ3n) is 4.17. The molecular weight excluding hydrogens is 389 g/mol. The lowest BCUT2D eigenvalue weighted by molar-refractivity contribution is -0.119. The van der Waals surface area contributed by atoms with Crippen molar-refractivity contribution in [2.45, 2.75) is 25.6 Å². The highest BCUT2D eigenvalue weighted by Gasteiger charge is 2.34. The van der Waals surface area contributed by atoms with Gasteiger partial charge in [0.15, 0.2) is 0 Å². The number of carbonyl (C=O) groups is 2. The molecule has 3 N–H and O–H groups in total. The second kappa shape index (κ2) is 8.63. The van der Waals surface area contributed by atoms with Crippen LogP contribution < -0.4 is 20.8 Å². The van der Waals surface area contributed by atoms with Crippen molar-refractivity contribution in [2.75, 3.05) is 5.01 Å². The molecule has 0 fully saturated rings. The van der Waals surface area contributed by atoms with E-state index in [-0.39, 0.29) is 24.4 Å². The molecular formula is C19H17F3N4O3. The van der Waals surface area contributed by atoms with Crippen LogP contribution in [0.5, 0.6) is 5.75 Å². The third-order valence-corrected chi connectivity index (χ3v) is 4.17. The number of nitrogens with one attached hydrogen (secondary N) is 1. The first-order valence-corrected chi connectivity index (χ1v) is 8.57. The number of nitrogens with zero attached hydrogens (tertiary/aromatic N) is 2. The van der Waals surface area contributed by atoms with Gasteiger partial charge in [-0.25, -0.2) is 4.39 Å². The van der Waals surface area contributed by atoms with Crippen LogP contribution in [0.4, 0.5) is 18.9 Å². The number of nitrogens with two attached hydrogens (primary N) is 1. The summed E-state index contributed by atoms with van der Waals surface area (Å²) in [5.41, 5.74) is 6.42. The fourth-order valence-corrected chi connectivity index (χ4v) is 2.82. The van der Waals surface area contributed by atoms with Crippen LogP contribution in [0.1, 0.15) is 12.0 Å². The van der Waals surface area contributed by atoms with Crippen LogP contribution in [0.15, 0.2) is 53.6 Å². The Balaban J connectivity index is 1.69. The summed E-state index contributed by atoms with van der Waals surface area (Å²) in [7, 11) is 0. The second-order valence-corrected chi connectivity index (χ2v) is 6.20. The Morgan fingerprint density at radius 3 is 2.62 bits per heavy atom. The number of benzene rings is 2. The summed E-state index contributed by atoms with van der Waals surface area (Å²) in [5, 5.41) is 8.03. The number of hydrogen-bond acceptors (Lipinski definition) is 5. The van der Waals surface area contributed by atoms with E-state index in [0.717, 1.165) is 0 Å². The number of primary amides is 1. The Labute approximate surface area is 163 Å². The van der Waals surface area contributed by atoms with Crippen LogP contribution >= 0.6 is 0 Å². The average Bonchev–Trinajstić information content (AvgIpc) is 3.12. The van der Waals surface area contributed by atoms with Gasteiger partial charge in [0.1, 0.15) is 23.3 Å². The highest BCUT2D eigenvalue weighted by atomic mass is 19.3. The van der Waals surface area contributed by atoms with Gasteiger partial charge in [-0.05, 0) is 42.0 Å². The summed E-state index contributed by atoms with van der Waals surface area (Å²) in [4.78, 5) is 24.2. The predicted molar refractivity (Wildman–Crippen MR) is 98.8 cm³/mol.